The second kappa shape index (κ2) is 6.76. The van der Waals surface area contributed by atoms with Crippen LogP contribution in [0.15, 0.2) is 24.3 Å². The van der Waals surface area contributed by atoms with Gasteiger partial charge >= 0.3 is 0 Å². The Kier molecular flexibility index (Phi) is 5.02. The molecule has 100 valence electrons. The molecule has 0 saturated carbocycles. The van der Waals surface area contributed by atoms with Crippen LogP contribution in [0.25, 0.3) is 0 Å². The van der Waals surface area contributed by atoms with Gasteiger partial charge in [-0.3, -0.25) is 0 Å². The van der Waals surface area contributed by atoms with Crippen LogP contribution in [0.5, 0.6) is 0 Å². The Hall–Kier alpha value is -1.06. The van der Waals surface area contributed by atoms with Crippen LogP contribution in [0, 0.1) is 5.92 Å². The van der Waals surface area contributed by atoms with E-state index in [1.807, 2.05) is 0 Å². The summed E-state index contributed by atoms with van der Waals surface area (Å²) in [6, 6.07) is 8.62. The first kappa shape index (κ1) is 13.4. The van der Waals surface area contributed by atoms with Gasteiger partial charge in [-0.05, 0) is 43.4 Å². The number of rotatable bonds is 5. The fourth-order valence-corrected chi connectivity index (χ4v) is 2.50. The van der Waals surface area contributed by atoms with Crippen LogP contribution in [0.2, 0.25) is 0 Å². The molecule has 1 aromatic rings. The van der Waals surface area contributed by atoms with Gasteiger partial charge in [0.15, 0.2) is 0 Å². The summed E-state index contributed by atoms with van der Waals surface area (Å²) in [6.07, 6.45) is 2.38. The van der Waals surface area contributed by atoms with Gasteiger partial charge in [-0.25, -0.2) is 0 Å². The molecule has 0 aromatic heterocycles. The van der Waals surface area contributed by atoms with E-state index in [0.717, 1.165) is 32.2 Å². The molecule has 3 heteroatoms. The van der Waals surface area contributed by atoms with Crippen molar-refractivity contribution in [3.63, 3.8) is 0 Å². The molecular formula is C15H24N2O. The fraction of sp³-hybridized carbons (Fsp3) is 0.600. The van der Waals surface area contributed by atoms with Crippen molar-refractivity contribution in [1.29, 1.82) is 0 Å². The van der Waals surface area contributed by atoms with Gasteiger partial charge in [-0.1, -0.05) is 12.1 Å². The van der Waals surface area contributed by atoms with Crippen molar-refractivity contribution in [3.05, 3.63) is 29.8 Å². The van der Waals surface area contributed by atoms with E-state index in [1.165, 1.54) is 24.1 Å². The van der Waals surface area contributed by atoms with Crippen molar-refractivity contribution in [2.24, 2.45) is 11.7 Å². The molecular weight excluding hydrogens is 224 g/mol. The third-order valence-corrected chi connectivity index (χ3v) is 3.74. The Morgan fingerprint density at radius 1 is 1.22 bits per heavy atom. The number of nitrogens with zero attached hydrogens (tertiary/aromatic N) is 1. The molecule has 0 radical (unpaired) electrons. The smallest absolute Gasteiger partial charge is 0.0469 e. The minimum absolute atomic E-state index is 0.617. The summed E-state index contributed by atoms with van der Waals surface area (Å²) in [6.45, 7) is 6.88. The lowest BCUT2D eigenvalue weighted by molar-refractivity contribution is 0.0683. The van der Waals surface area contributed by atoms with Crippen molar-refractivity contribution in [3.8, 4) is 0 Å². The molecule has 2 N–H and O–H groups in total. The summed E-state index contributed by atoms with van der Waals surface area (Å²) in [5, 5.41) is 0. The molecule has 1 aromatic carbocycles. The van der Waals surface area contributed by atoms with Crippen LogP contribution >= 0.6 is 0 Å². The minimum Gasteiger partial charge on any atom is -0.381 e. The predicted octanol–water partition coefficient (Wildman–Crippen LogP) is 2.40. The highest BCUT2D eigenvalue weighted by Gasteiger charge is 2.17. The van der Waals surface area contributed by atoms with Crippen molar-refractivity contribution in [2.45, 2.75) is 26.3 Å². The maximum atomic E-state index is 5.63. The lowest BCUT2D eigenvalue weighted by atomic mass is 9.99. The molecule has 1 saturated heterocycles. The van der Waals surface area contributed by atoms with Crippen molar-refractivity contribution in [2.75, 3.05) is 31.2 Å². The maximum Gasteiger partial charge on any atom is 0.0469 e. The average molecular weight is 248 g/mol. The molecule has 0 atom stereocenters. The van der Waals surface area contributed by atoms with Crippen LogP contribution < -0.4 is 10.6 Å². The molecule has 0 aliphatic carbocycles. The number of nitrogens with two attached hydrogens (primary N) is 1. The fourth-order valence-electron chi connectivity index (χ4n) is 2.50. The van der Waals surface area contributed by atoms with E-state index >= 15 is 0 Å². The first-order valence-electron chi connectivity index (χ1n) is 6.95. The summed E-state index contributed by atoms with van der Waals surface area (Å²) in [5.41, 5.74) is 8.13. The molecule has 2 rings (SSSR count). The van der Waals surface area contributed by atoms with Gasteiger partial charge in [0, 0.05) is 38.5 Å². The van der Waals surface area contributed by atoms with E-state index in [1.54, 1.807) is 0 Å². The zero-order chi connectivity index (χ0) is 12.8. The molecule has 3 nitrogen and oxygen atoms in total. The number of benzene rings is 1. The van der Waals surface area contributed by atoms with E-state index < -0.39 is 0 Å². The van der Waals surface area contributed by atoms with Gasteiger partial charge in [-0.2, -0.15) is 0 Å². The molecule has 1 aliphatic rings. The maximum absolute atomic E-state index is 5.63. The zero-order valence-electron chi connectivity index (χ0n) is 11.3. The third kappa shape index (κ3) is 3.47. The number of ether oxygens (including phenoxy) is 1. The molecule has 18 heavy (non-hydrogen) atoms. The predicted molar refractivity (Wildman–Crippen MR) is 75.8 cm³/mol. The van der Waals surface area contributed by atoms with Gasteiger partial charge in [-0.15, -0.1) is 0 Å². The lowest BCUT2D eigenvalue weighted by Gasteiger charge is -2.30. The van der Waals surface area contributed by atoms with E-state index in [0.29, 0.717) is 6.54 Å². The van der Waals surface area contributed by atoms with Crippen LogP contribution in [0.4, 0.5) is 5.69 Å². The molecule has 0 unspecified atom stereocenters. The van der Waals surface area contributed by atoms with Crippen LogP contribution in [0.3, 0.4) is 0 Å². The first-order chi connectivity index (χ1) is 8.83. The highest BCUT2D eigenvalue weighted by atomic mass is 16.5. The standard InChI is InChI=1S/C15H24N2O/c1-2-17(12-14-7-9-18-10-8-14)15-5-3-13(11-16)4-6-15/h3-6,14H,2,7-12,16H2,1H3. The van der Waals surface area contributed by atoms with Gasteiger partial charge in [0.05, 0.1) is 0 Å². The normalized spacial score (nSPS) is 16.8. The second-order valence-corrected chi connectivity index (χ2v) is 4.96. The third-order valence-electron chi connectivity index (χ3n) is 3.74. The van der Waals surface area contributed by atoms with Crippen LogP contribution in [0.1, 0.15) is 25.3 Å². The van der Waals surface area contributed by atoms with Crippen molar-refractivity contribution >= 4 is 5.69 Å². The van der Waals surface area contributed by atoms with Crippen molar-refractivity contribution < 1.29 is 4.74 Å². The van der Waals surface area contributed by atoms with E-state index in [-0.39, 0.29) is 0 Å². The summed E-state index contributed by atoms with van der Waals surface area (Å²) < 4.78 is 5.42. The zero-order valence-corrected chi connectivity index (χ0v) is 11.3. The van der Waals surface area contributed by atoms with E-state index in [2.05, 4.69) is 36.1 Å². The Balaban J connectivity index is 1.97. The quantitative estimate of drug-likeness (QED) is 0.869. The van der Waals surface area contributed by atoms with Gasteiger partial charge in [0.1, 0.15) is 0 Å². The van der Waals surface area contributed by atoms with Gasteiger partial charge in [0.25, 0.3) is 0 Å². The Bertz CT molecular complexity index is 344. The molecule has 1 fully saturated rings. The number of anilines is 1. The average Bonchev–Trinajstić information content (AvgIpc) is 2.46. The molecule has 0 spiro atoms. The molecule has 1 heterocycles. The summed E-state index contributed by atoms with van der Waals surface area (Å²) in [7, 11) is 0. The Morgan fingerprint density at radius 3 is 2.44 bits per heavy atom. The molecule has 0 bridgehead atoms. The number of hydrogen-bond acceptors (Lipinski definition) is 3. The lowest BCUT2D eigenvalue weighted by Crippen LogP contribution is -2.32. The monoisotopic (exact) mass is 248 g/mol. The first-order valence-corrected chi connectivity index (χ1v) is 6.95. The van der Waals surface area contributed by atoms with E-state index in [4.69, 9.17) is 10.5 Å². The largest absolute Gasteiger partial charge is 0.381 e. The topological polar surface area (TPSA) is 38.5 Å². The summed E-state index contributed by atoms with van der Waals surface area (Å²) >= 11 is 0. The Labute approximate surface area is 110 Å². The van der Waals surface area contributed by atoms with Crippen LogP contribution in [-0.2, 0) is 11.3 Å². The van der Waals surface area contributed by atoms with E-state index in [9.17, 15) is 0 Å². The summed E-state index contributed by atoms with van der Waals surface area (Å²) in [4.78, 5) is 2.45. The molecule has 0 amide bonds. The number of hydrogen-bond donors (Lipinski definition) is 1. The van der Waals surface area contributed by atoms with Crippen molar-refractivity contribution in [1.82, 2.24) is 0 Å². The second-order valence-electron chi connectivity index (χ2n) is 4.96. The SMILES string of the molecule is CCN(CC1CCOCC1)c1ccc(CN)cc1. The van der Waals surface area contributed by atoms with Crippen LogP contribution in [-0.4, -0.2) is 26.3 Å². The molecule has 1 aliphatic heterocycles. The highest BCUT2D eigenvalue weighted by molar-refractivity contribution is 5.47. The van der Waals surface area contributed by atoms with Gasteiger partial charge in [0.2, 0.25) is 0 Å². The van der Waals surface area contributed by atoms with Gasteiger partial charge < -0.3 is 15.4 Å². The Morgan fingerprint density at radius 2 is 1.89 bits per heavy atom. The summed E-state index contributed by atoms with van der Waals surface area (Å²) in [5.74, 6) is 0.771. The highest BCUT2D eigenvalue weighted by Crippen LogP contribution is 2.21. The minimum atomic E-state index is 0.617.